The Morgan fingerprint density at radius 3 is 2.21 bits per heavy atom. The molecule has 1 heterocycles. The van der Waals surface area contributed by atoms with Crippen LogP contribution in [0, 0.1) is 0 Å². The third-order valence-electron chi connectivity index (χ3n) is 3.81. The largest absolute Gasteiger partial charge is 0.387 e. The van der Waals surface area contributed by atoms with Crippen LogP contribution in [-0.4, -0.2) is 27.3 Å². The maximum absolute atomic E-state index is 12.7. The molecular formula is C19H19N3O2. The number of benzene rings is 2. The number of nitrogens with zero attached hydrogens (tertiary/aromatic N) is 2. The minimum Gasteiger partial charge on any atom is -0.387 e. The van der Waals surface area contributed by atoms with E-state index in [1.165, 1.54) is 0 Å². The Morgan fingerprint density at radius 1 is 1.00 bits per heavy atom. The zero-order valence-corrected chi connectivity index (χ0v) is 13.1. The van der Waals surface area contributed by atoms with Crippen LogP contribution >= 0.6 is 0 Å². The molecule has 0 spiro atoms. The lowest BCUT2D eigenvalue weighted by atomic mass is 10.1. The highest BCUT2D eigenvalue weighted by molar-refractivity contribution is 5.83. The van der Waals surface area contributed by atoms with Crippen LogP contribution in [0.1, 0.15) is 23.3 Å². The Hall–Kier alpha value is -2.92. The van der Waals surface area contributed by atoms with Crippen LogP contribution in [-0.2, 0) is 4.79 Å². The van der Waals surface area contributed by atoms with Crippen molar-refractivity contribution in [3.05, 3.63) is 90.3 Å². The Morgan fingerprint density at radius 2 is 1.62 bits per heavy atom. The van der Waals surface area contributed by atoms with Gasteiger partial charge in [-0.05, 0) is 17.2 Å². The highest BCUT2D eigenvalue weighted by Crippen LogP contribution is 2.18. The minimum atomic E-state index is -0.746. The fraction of sp³-hybridized carbons (Fsp3) is 0.158. The standard InChI is InChI=1S/C19H19N3O2/c23-17(15-8-3-1-4-9-15)14-20-19(24)18(22-13-7-12-21-22)16-10-5-2-6-11-16/h1-13,17-18,23H,14H2,(H,20,24)/t17-,18-/m0/s1. The number of carbonyl (C=O) groups is 1. The quantitative estimate of drug-likeness (QED) is 0.732. The van der Waals surface area contributed by atoms with Gasteiger partial charge in [-0.3, -0.25) is 9.48 Å². The van der Waals surface area contributed by atoms with E-state index in [1.54, 1.807) is 23.1 Å². The number of aromatic nitrogens is 2. The van der Waals surface area contributed by atoms with Crippen molar-refractivity contribution in [2.45, 2.75) is 12.1 Å². The first kappa shape index (κ1) is 16.0. The van der Waals surface area contributed by atoms with Crippen LogP contribution in [0.25, 0.3) is 0 Å². The molecule has 0 aliphatic carbocycles. The van der Waals surface area contributed by atoms with Crippen molar-refractivity contribution < 1.29 is 9.90 Å². The number of aliphatic hydroxyl groups is 1. The Labute approximate surface area is 140 Å². The molecule has 2 atom stereocenters. The number of carbonyl (C=O) groups excluding carboxylic acids is 1. The summed E-state index contributed by atoms with van der Waals surface area (Å²) in [5, 5.41) is 17.2. The predicted octanol–water partition coefficient (Wildman–Crippen LogP) is 2.32. The zero-order valence-electron chi connectivity index (χ0n) is 13.1. The molecule has 5 nitrogen and oxygen atoms in total. The monoisotopic (exact) mass is 321 g/mol. The second-order valence-corrected chi connectivity index (χ2v) is 5.47. The van der Waals surface area contributed by atoms with Gasteiger partial charge >= 0.3 is 0 Å². The van der Waals surface area contributed by atoms with Crippen LogP contribution in [0.15, 0.2) is 79.1 Å². The molecular weight excluding hydrogens is 302 g/mol. The summed E-state index contributed by atoms with van der Waals surface area (Å²) in [4.78, 5) is 12.7. The van der Waals surface area contributed by atoms with Gasteiger partial charge in [0.15, 0.2) is 6.04 Å². The Balaban J connectivity index is 1.73. The highest BCUT2D eigenvalue weighted by atomic mass is 16.3. The molecule has 3 aromatic rings. The molecule has 1 aromatic heterocycles. The zero-order chi connectivity index (χ0) is 16.8. The van der Waals surface area contributed by atoms with Crippen LogP contribution in [0.2, 0.25) is 0 Å². The molecule has 0 aliphatic heterocycles. The second-order valence-electron chi connectivity index (χ2n) is 5.47. The number of aliphatic hydroxyl groups excluding tert-OH is 1. The van der Waals surface area contributed by atoms with Crippen molar-refractivity contribution >= 4 is 5.91 Å². The third-order valence-corrected chi connectivity index (χ3v) is 3.81. The molecule has 3 rings (SSSR count). The van der Waals surface area contributed by atoms with Gasteiger partial charge in [-0.25, -0.2) is 0 Å². The predicted molar refractivity (Wildman–Crippen MR) is 91.2 cm³/mol. The Kier molecular flexibility index (Phi) is 5.03. The van der Waals surface area contributed by atoms with Crippen molar-refractivity contribution in [3.63, 3.8) is 0 Å². The molecule has 2 aromatic carbocycles. The molecule has 0 saturated carbocycles. The first-order valence-electron chi connectivity index (χ1n) is 7.80. The molecule has 5 heteroatoms. The second kappa shape index (κ2) is 7.57. The molecule has 1 amide bonds. The van der Waals surface area contributed by atoms with E-state index in [4.69, 9.17) is 0 Å². The summed E-state index contributed by atoms with van der Waals surface area (Å²) in [5.74, 6) is -0.208. The van der Waals surface area contributed by atoms with E-state index in [9.17, 15) is 9.90 Å². The van der Waals surface area contributed by atoms with Gasteiger partial charge in [0.25, 0.3) is 0 Å². The molecule has 0 bridgehead atoms. The highest BCUT2D eigenvalue weighted by Gasteiger charge is 2.23. The fourth-order valence-corrected chi connectivity index (χ4v) is 2.58. The van der Waals surface area contributed by atoms with Gasteiger partial charge < -0.3 is 10.4 Å². The van der Waals surface area contributed by atoms with E-state index in [2.05, 4.69) is 10.4 Å². The summed E-state index contributed by atoms with van der Waals surface area (Å²) in [6.07, 6.45) is 2.65. The summed E-state index contributed by atoms with van der Waals surface area (Å²) < 4.78 is 1.61. The number of amides is 1. The van der Waals surface area contributed by atoms with Gasteiger partial charge in [-0.1, -0.05) is 60.7 Å². The van der Waals surface area contributed by atoms with Gasteiger partial charge in [0.2, 0.25) is 5.91 Å². The van der Waals surface area contributed by atoms with Gasteiger partial charge in [-0.15, -0.1) is 0 Å². The first-order chi connectivity index (χ1) is 11.8. The SMILES string of the molecule is O=C(NC[C@H](O)c1ccccc1)[C@H](c1ccccc1)n1cccn1. The topological polar surface area (TPSA) is 67.2 Å². The molecule has 0 aliphatic rings. The third kappa shape index (κ3) is 3.70. The maximum atomic E-state index is 12.7. The molecule has 0 radical (unpaired) electrons. The summed E-state index contributed by atoms with van der Waals surface area (Å²) >= 11 is 0. The molecule has 0 unspecified atom stereocenters. The van der Waals surface area contributed by atoms with Crippen LogP contribution in [0.3, 0.4) is 0 Å². The van der Waals surface area contributed by atoms with Crippen molar-refractivity contribution in [2.24, 2.45) is 0 Å². The fourth-order valence-electron chi connectivity index (χ4n) is 2.58. The molecule has 122 valence electrons. The van der Waals surface area contributed by atoms with E-state index in [0.717, 1.165) is 11.1 Å². The lowest BCUT2D eigenvalue weighted by Crippen LogP contribution is -2.36. The van der Waals surface area contributed by atoms with Gasteiger partial charge in [0.1, 0.15) is 0 Å². The Bertz CT molecular complexity index is 758. The van der Waals surface area contributed by atoms with Crippen LogP contribution in [0.5, 0.6) is 0 Å². The average molecular weight is 321 g/mol. The minimum absolute atomic E-state index is 0.146. The summed E-state index contributed by atoms with van der Waals surface area (Å²) in [5.41, 5.74) is 1.61. The number of nitrogens with one attached hydrogen (secondary N) is 1. The summed E-state index contributed by atoms with van der Waals surface area (Å²) in [7, 11) is 0. The van der Waals surface area contributed by atoms with Crippen LogP contribution in [0.4, 0.5) is 0 Å². The van der Waals surface area contributed by atoms with Crippen molar-refractivity contribution in [2.75, 3.05) is 6.54 Å². The van der Waals surface area contributed by atoms with Crippen LogP contribution < -0.4 is 5.32 Å². The van der Waals surface area contributed by atoms with Crippen molar-refractivity contribution in [1.29, 1.82) is 0 Å². The van der Waals surface area contributed by atoms with Gasteiger partial charge in [0, 0.05) is 18.9 Å². The first-order valence-corrected chi connectivity index (χ1v) is 7.80. The molecule has 0 saturated heterocycles. The van der Waals surface area contributed by atoms with Crippen molar-refractivity contribution in [1.82, 2.24) is 15.1 Å². The van der Waals surface area contributed by atoms with Gasteiger partial charge in [-0.2, -0.15) is 5.10 Å². The molecule has 2 N–H and O–H groups in total. The number of hydrogen-bond donors (Lipinski definition) is 2. The normalized spacial score (nSPS) is 13.2. The number of hydrogen-bond acceptors (Lipinski definition) is 3. The van der Waals surface area contributed by atoms with E-state index in [0.29, 0.717) is 0 Å². The number of rotatable bonds is 6. The van der Waals surface area contributed by atoms with E-state index < -0.39 is 12.1 Å². The van der Waals surface area contributed by atoms with Gasteiger partial charge in [0.05, 0.1) is 6.10 Å². The van der Waals surface area contributed by atoms with E-state index >= 15 is 0 Å². The van der Waals surface area contributed by atoms with E-state index in [-0.39, 0.29) is 12.5 Å². The lowest BCUT2D eigenvalue weighted by molar-refractivity contribution is -0.123. The van der Waals surface area contributed by atoms with E-state index in [1.807, 2.05) is 60.7 Å². The summed E-state index contributed by atoms with van der Waals surface area (Å²) in [6.45, 7) is 0.146. The lowest BCUT2D eigenvalue weighted by Gasteiger charge is -2.19. The molecule has 24 heavy (non-hydrogen) atoms. The molecule has 0 fully saturated rings. The maximum Gasteiger partial charge on any atom is 0.249 e. The average Bonchev–Trinajstić information content (AvgIpc) is 3.15. The smallest absolute Gasteiger partial charge is 0.249 e. The summed E-state index contributed by atoms with van der Waals surface area (Å²) in [6, 6.07) is 19.9. The van der Waals surface area contributed by atoms with Crippen molar-refractivity contribution in [3.8, 4) is 0 Å².